The summed E-state index contributed by atoms with van der Waals surface area (Å²) in [6.45, 7) is 7.33. The normalized spacial score (nSPS) is 12.6. The molecule has 1 unspecified atom stereocenters. The lowest BCUT2D eigenvalue weighted by atomic mass is 10.0. The first-order valence-electron chi connectivity index (χ1n) is 7.06. The molecule has 0 fully saturated rings. The van der Waals surface area contributed by atoms with Crippen LogP contribution in [0.4, 0.5) is 0 Å². The molecular weight excluding hydrogens is 270 g/mol. The topological polar surface area (TPSA) is 86.0 Å². The van der Waals surface area contributed by atoms with Crippen LogP contribution in [0.25, 0.3) is 11.5 Å². The van der Waals surface area contributed by atoms with Gasteiger partial charge in [0, 0.05) is 18.5 Å². The van der Waals surface area contributed by atoms with Gasteiger partial charge in [0.05, 0.1) is 7.11 Å². The SMILES string of the molecule is CCNC(Cc1nc(-c2cc(OC)ncn2)no1)C(C)C. The minimum atomic E-state index is 0.309. The summed E-state index contributed by atoms with van der Waals surface area (Å²) >= 11 is 0. The average Bonchev–Trinajstić information content (AvgIpc) is 2.95. The van der Waals surface area contributed by atoms with E-state index in [0.29, 0.717) is 41.7 Å². The van der Waals surface area contributed by atoms with E-state index in [1.165, 1.54) is 6.33 Å². The van der Waals surface area contributed by atoms with Crippen LogP contribution in [-0.4, -0.2) is 39.8 Å². The summed E-state index contributed by atoms with van der Waals surface area (Å²) in [7, 11) is 1.55. The van der Waals surface area contributed by atoms with E-state index in [4.69, 9.17) is 9.26 Å². The van der Waals surface area contributed by atoms with Crippen LogP contribution in [0.15, 0.2) is 16.9 Å². The fourth-order valence-corrected chi connectivity index (χ4v) is 2.01. The van der Waals surface area contributed by atoms with Crippen molar-refractivity contribution < 1.29 is 9.26 Å². The third-order valence-corrected chi connectivity index (χ3v) is 3.21. The minimum absolute atomic E-state index is 0.309. The largest absolute Gasteiger partial charge is 0.481 e. The summed E-state index contributed by atoms with van der Waals surface area (Å²) in [6.07, 6.45) is 2.11. The van der Waals surface area contributed by atoms with Crippen LogP contribution in [0.5, 0.6) is 5.88 Å². The monoisotopic (exact) mass is 291 g/mol. The van der Waals surface area contributed by atoms with E-state index in [0.717, 1.165) is 6.54 Å². The van der Waals surface area contributed by atoms with Gasteiger partial charge in [-0.15, -0.1) is 0 Å². The summed E-state index contributed by atoms with van der Waals surface area (Å²) in [5.74, 6) is 2.01. The van der Waals surface area contributed by atoms with Crippen LogP contribution < -0.4 is 10.1 Å². The number of likely N-dealkylation sites (N-methyl/N-ethyl adjacent to an activating group) is 1. The molecule has 0 aliphatic heterocycles. The maximum absolute atomic E-state index is 5.32. The predicted octanol–water partition coefficient (Wildman–Crippen LogP) is 1.71. The van der Waals surface area contributed by atoms with E-state index in [1.54, 1.807) is 13.2 Å². The van der Waals surface area contributed by atoms with Gasteiger partial charge in [-0.3, -0.25) is 0 Å². The van der Waals surface area contributed by atoms with Crippen LogP contribution >= 0.6 is 0 Å². The van der Waals surface area contributed by atoms with E-state index in [-0.39, 0.29) is 0 Å². The van der Waals surface area contributed by atoms with Crippen molar-refractivity contribution in [2.75, 3.05) is 13.7 Å². The molecule has 0 aromatic carbocycles. The Morgan fingerprint density at radius 1 is 1.33 bits per heavy atom. The lowest BCUT2D eigenvalue weighted by Crippen LogP contribution is -2.35. The van der Waals surface area contributed by atoms with Crippen LogP contribution in [-0.2, 0) is 6.42 Å². The van der Waals surface area contributed by atoms with E-state index in [2.05, 4.69) is 46.2 Å². The molecule has 0 aliphatic carbocycles. The summed E-state index contributed by atoms with van der Waals surface area (Å²) in [5, 5.41) is 7.40. The van der Waals surface area contributed by atoms with Gasteiger partial charge in [-0.1, -0.05) is 25.9 Å². The third-order valence-electron chi connectivity index (χ3n) is 3.21. The van der Waals surface area contributed by atoms with Crippen molar-refractivity contribution >= 4 is 0 Å². The lowest BCUT2D eigenvalue weighted by Gasteiger charge is -2.19. The molecule has 21 heavy (non-hydrogen) atoms. The maximum Gasteiger partial charge on any atom is 0.228 e. The zero-order valence-corrected chi connectivity index (χ0v) is 12.8. The standard InChI is InChI=1S/C14H21N5O2/c1-5-15-10(9(2)3)6-13-18-14(19-21-13)11-7-12(20-4)17-8-16-11/h7-10,15H,5-6H2,1-4H3. The Morgan fingerprint density at radius 3 is 2.81 bits per heavy atom. The van der Waals surface area contributed by atoms with Crippen LogP contribution in [0.2, 0.25) is 0 Å². The van der Waals surface area contributed by atoms with Crippen LogP contribution in [0, 0.1) is 5.92 Å². The van der Waals surface area contributed by atoms with Gasteiger partial charge in [-0.25, -0.2) is 9.97 Å². The average molecular weight is 291 g/mol. The molecule has 2 aromatic rings. The van der Waals surface area contributed by atoms with Crippen LogP contribution in [0.1, 0.15) is 26.7 Å². The molecule has 0 saturated heterocycles. The van der Waals surface area contributed by atoms with E-state index in [1.807, 2.05) is 0 Å². The summed E-state index contributed by atoms with van der Waals surface area (Å²) in [6, 6.07) is 1.99. The smallest absolute Gasteiger partial charge is 0.228 e. The minimum Gasteiger partial charge on any atom is -0.481 e. The molecule has 0 radical (unpaired) electrons. The number of rotatable bonds is 7. The molecule has 0 bridgehead atoms. The quantitative estimate of drug-likeness (QED) is 0.831. The second-order valence-corrected chi connectivity index (χ2v) is 5.07. The molecule has 0 aliphatic rings. The van der Waals surface area contributed by atoms with Crippen LogP contribution in [0.3, 0.4) is 0 Å². The van der Waals surface area contributed by atoms with Crippen molar-refractivity contribution in [1.29, 1.82) is 0 Å². The molecule has 0 amide bonds. The highest BCUT2D eigenvalue weighted by Crippen LogP contribution is 2.17. The zero-order chi connectivity index (χ0) is 15.2. The van der Waals surface area contributed by atoms with Crippen molar-refractivity contribution in [3.05, 3.63) is 18.3 Å². The molecule has 0 spiro atoms. The number of hydrogen-bond donors (Lipinski definition) is 1. The van der Waals surface area contributed by atoms with E-state index < -0.39 is 0 Å². The van der Waals surface area contributed by atoms with Gasteiger partial charge < -0.3 is 14.6 Å². The van der Waals surface area contributed by atoms with Gasteiger partial charge >= 0.3 is 0 Å². The Bertz CT molecular complexity index is 570. The number of nitrogens with zero attached hydrogens (tertiary/aromatic N) is 4. The second-order valence-electron chi connectivity index (χ2n) is 5.07. The fraction of sp³-hybridized carbons (Fsp3) is 0.571. The van der Waals surface area contributed by atoms with Gasteiger partial charge in [-0.05, 0) is 12.5 Å². The molecule has 1 N–H and O–H groups in total. The summed E-state index contributed by atoms with van der Waals surface area (Å²) in [4.78, 5) is 12.5. The highest BCUT2D eigenvalue weighted by atomic mass is 16.5. The van der Waals surface area contributed by atoms with Gasteiger partial charge in [0.1, 0.15) is 12.0 Å². The Morgan fingerprint density at radius 2 is 2.14 bits per heavy atom. The second kappa shape index (κ2) is 7.12. The fourth-order valence-electron chi connectivity index (χ4n) is 2.01. The highest BCUT2D eigenvalue weighted by molar-refractivity contribution is 5.49. The Balaban J connectivity index is 2.13. The number of methoxy groups -OCH3 is 1. The summed E-state index contributed by atoms with van der Waals surface area (Å²) < 4.78 is 10.4. The van der Waals surface area contributed by atoms with Gasteiger partial charge in [0.25, 0.3) is 0 Å². The Hall–Kier alpha value is -2.02. The number of nitrogens with one attached hydrogen (secondary N) is 1. The van der Waals surface area contributed by atoms with Gasteiger partial charge in [-0.2, -0.15) is 4.98 Å². The van der Waals surface area contributed by atoms with E-state index >= 15 is 0 Å². The molecule has 0 saturated carbocycles. The number of ether oxygens (including phenoxy) is 1. The van der Waals surface area contributed by atoms with Gasteiger partial charge in [0.15, 0.2) is 0 Å². The maximum atomic E-state index is 5.32. The third kappa shape index (κ3) is 3.98. The molecule has 114 valence electrons. The van der Waals surface area contributed by atoms with Crippen molar-refractivity contribution in [3.63, 3.8) is 0 Å². The van der Waals surface area contributed by atoms with Crippen molar-refractivity contribution in [1.82, 2.24) is 25.4 Å². The molecule has 2 aromatic heterocycles. The zero-order valence-electron chi connectivity index (χ0n) is 12.8. The summed E-state index contributed by atoms with van der Waals surface area (Å²) in [5.41, 5.74) is 0.585. The first-order valence-corrected chi connectivity index (χ1v) is 7.06. The predicted molar refractivity (Wildman–Crippen MR) is 77.9 cm³/mol. The Kier molecular flexibility index (Phi) is 5.21. The van der Waals surface area contributed by atoms with Crippen molar-refractivity contribution in [2.45, 2.75) is 33.2 Å². The van der Waals surface area contributed by atoms with E-state index in [9.17, 15) is 0 Å². The first kappa shape index (κ1) is 15.4. The molecule has 7 heteroatoms. The molecule has 2 rings (SSSR count). The molecule has 7 nitrogen and oxygen atoms in total. The lowest BCUT2D eigenvalue weighted by molar-refractivity contribution is 0.329. The molecular formula is C14H21N5O2. The number of aromatic nitrogens is 4. The highest BCUT2D eigenvalue weighted by Gasteiger charge is 2.18. The van der Waals surface area contributed by atoms with Crippen molar-refractivity contribution in [2.24, 2.45) is 5.92 Å². The number of hydrogen-bond acceptors (Lipinski definition) is 7. The van der Waals surface area contributed by atoms with Crippen molar-refractivity contribution in [3.8, 4) is 17.4 Å². The first-order chi connectivity index (χ1) is 10.1. The Labute approximate surface area is 124 Å². The van der Waals surface area contributed by atoms with Gasteiger partial charge in [0.2, 0.25) is 17.6 Å². The molecule has 1 atom stereocenters. The molecule has 2 heterocycles.